The Morgan fingerprint density at radius 3 is 2.47 bits per heavy atom. The second-order valence-electron chi connectivity index (χ2n) is 4.52. The van der Waals surface area contributed by atoms with Gasteiger partial charge in [0.25, 0.3) is 0 Å². The predicted molar refractivity (Wildman–Crippen MR) is 59.7 cm³/mol. The number of hydrogen-bond acceptors (Lipinski definition) is 3. The molecule has 0 heterocycles. The second kappa shape index (κ2) is 5.75. The number of carbonyl (C=O) groups excluding carboxylic acids is 1. The van der Waals surface area contributed by atoms with Gasteiger partial charge in [0.2, 0.25) is 0 Å². The molecule has 0 radical (unpaired) electrons. The Labute approximate surface area is 91.3 Å². The summed E-state index contributed by atoms with van der Waals surface area (Å²) in [6.07, 6.45) is 1.01. The fourth-order valence-electron chi connectivity index (χ4n) is 1.01. The van der Waals surface area contributed by atoms with E-state index in [2.05, 4.69) is 11.9 Å². The van der Waals surface area contributed by atoms with Crippen LogP contribution in [0.1, 0.15) is 34.1 Å². The predicted octanol–water partition coefficient (Wildman–Crippen LogP) is 1.84. The zero-order chi connectivity index (χ0) is 12.1. The van der Waals surface area contributed by atoms with E-state index in [4.69, 9.17) is 4.74 Å². The molecule has 2 atom stereocenters. The van der Waals surface area contributed by atoms with E-state index in [1.807, 2.05) is 0 Å². The van der Waals surface area contributed by atoms with E-state index in [9.17, 15) is 9.90 Å². The lowest BCUT2D eigenvalue weighted by Crippen LogP contribution is -2.44. The van der Waals surface area contributed by atoms with Crippen molar-refractivity contribution < 1.29 is 14.6 Å². The number of alkyl carbamates (subject to hydrolysis) is 1. The molecule has 1 unspecified atom stereocenters. The highest BCUT2D eigenvalue weighted by molar-refractivity contribution is 5.68. The van der Waals surface area contributed by atoms with Gasteiger partial charge in [-0.05, 0) is 34.1 Å². The Bertz CT molecular complexity index is 218. The van der Waals surface area contributed by atoms with Crippen LogP contribution in [0, 0.1) is 0 Å². The summed E-state index contributed by atoms with van der Waals surface area (Å²) in [6, 6.07) is -0.350. The minimum absolute atomic E-state index is 0.350. The van der Waals surface area contributed by atoms with Crippen LogP contribution in [0.4, 0.5) is 4.79 Å². The molecule has 0 spiro atoms. The van der Waals surface area contributed by atoms with Crippen LogP contribution in [0.3, 0.4) is 0 Å². The van der Waals surface area contributed by atoms with Gasteiger partial charge < -0.3 is 15.2 Å². The summed E-state index contributed by atoms with van der Waals surface area (Å²) in [5.74, 6) is 0. The van der Waals surface area contributed by atoms with Crippen LogP contribution in [-0.2, 0) is 4.74 Å². The SMILES string of the molecule is C=CC[C@H](NC(=O)OC(C)(C)C)C(C)O. The van der Waals surface area contributed by atoms with Gasteiger partial charge in [-0.1, -0.05) is 6.08 Å². The fourth-order valence-corrected chi connectivity index (χ4v) is 1.01. The first-order chi connectivity index (χ1) is 6.76. The molecule has 0 aliphatic rings. The van der Waals surface area contributed by atoms with Crippen molar-refractivity contribution in [2.45, 2.75) is 51.9 Å². The minimum atomic E-state index is -0.629. The van der Waals surface area contributed by atoms with Crippen LogP contribution in [-0.4, -0.2) is 28.9 Å². The van der Waals surface area contributed by atoms with Crippen molar-refractivity contribution in [3.63, 3.8) is 0 Å². The highest BCUT2D eigenvalue weighted by Crippen LogP contribution is 2.08. The highest BCUT2D eigenvalue weighted by Gasteiger charge is 2.21. The largest absolute Gasteiger partial charge is 0.444 e. The number of rotatable bonds is 4. The maximum atomic E-state index is 11.4. The van der Waals surface area contributed by atoms with Gasteiger partial charge >= 0.3 is 6.09 Å². The molecule has 0 aromatic heterocycles. The van der Waals surface area contributed by atoms with E-state index in [0.717, 1.165) is 0 Å². The molecule has 0 rings (SSSR count). The summed E-state index contributed by atoms with van der Waals surface area (Å²) in [4.78, 5) is 11.4. The van der Waals surface area contributed by atoms with Gasteiger partial charge in [0.15, 0.2) is 0 Å². The average molecular weight is 215 g/mol. The molecule has 0 aliphatic carbocycles. The summed E-state index contributed by atoms with van der Waals surface area (Å²) in [6.45, 7) is 10.5. The van der Waals surface area contributed by atoms with Crippen molar-refractivity contribution in [2.24, 2.45) is 0 Å². The van der Waals surface area contributed by atoms with Gasteiger partial charge in [-0.15, -0.1) is 6.58 Å². The Balaban J connectivity index is 4.17. The summed E-state index contributed by atoms with van der Waals surface area (Å²) >= 11 is 0. The zero-order valence-corrected chi connectivity index (χ0v) is 9.91. The molecule has 0 aliphatic heterocycles. The molecule has 88 valence electrons. The van der Waals surface area contributed by atoms with Gasteiger partial charge in [-0.3, -0.25) is 0 Å². The molecule has 2 N–H and O–H groups in total. The Kier molecular flexibility index (Phi) is 5.36. The third-order valence-electron chi connectivity index (χ3n) is 1.71. The van der Waals surface area contributed by atoms with Crippen LogP contribution < -0.4 is 5.32 Å². The molecule has 0 saturated carbocycles. The first-order valence-electron chi connectivity index (χ1n) is 5.04. The van der Waals surface area contributed by atoms with Crippen LogP contribution in [0.2, 0.25) is 0 Å². The molecule has 0 bridgehead atoms. The first kappa shape index (κ1) is 14.0. The normalized spacial score (nSPS) is 15.3. The van der Waals surface area contributed by atoms with Crippen molar-refractivity contribution in [3.05, 3.63) is 12.7 Å². The molecule has 15 heavy (non-hydrogen) atoms. The van der Waals surface area contributed by atoms with E-state index in [-0.39, 0.29) is 6.04 Å². The molecular formula is C11H21NO3. The second-order valence-corrected chi connectivity index (χ2v) is 4.52. The molecule has 0 fully saturated rings. The van der Waals surface area contributed by atoms with Gasteiger partial charge in [0, 0.05) is 0 Å². The fraction of sp³-hybridized carbons (Fsp3) is 0.727. The van der Waals surface area contributed by atoms with E-state index < -0.39 is 17.8 Å². The number of ether oxygens (including phenoxy) is 1. The number of aliphatic hydroxyl groups is 1. The lowest BCUT2D eigenvalue weighted by atomic mass is 10.1. The molecule has 0 aromatic carbocycles. The molecule has 4 heteroatoms. The number of carbonyl (C=O) groups is 1. The average Bonchev–Trinajstić information content (AvgIpc) is 1.99. The Morgan fingerprint density at radius 2 is 2.13 bits per heavy atom. The minimum Gasteiger partial charge on any atom is -0.444 e. The molecule has 0 aromatic rings. The molecular weight excluding hydrogens is 194 g/mol. The first-order valence-corrected chi connectivity index (χ1v) is 5.04. The quantitative estimate of drug-likeness (QED) is 0.703. The maximum absolute atomic E-state index is 11.4. The number of amides is 1. The maximum Gasteiger partial charge on any atom is 0.407 e. The van der Waals surface area contributed by atoms with Crippen LogP contribution in [0.25, 0.3) is 0 Å². The standard InChI is InChI=1S/C11H21NO3/c1-6-7-9(8(2)13)12-10(14)15-11(3,4)5/h6,8-9,13H,1,7H2,2-5H3,(H,12,14)/t8?,9-/m0/s1. The summed E-state index contributed by atoms with van der Waals surface area (Å²) in [7, 11) is 0. The van der Waals surface area contributed by atoms with Crippen LogP contribution >= 0.6 is 0 Å². The smallest absolute Gasteiger partial charge is 0.407 e. The topological polar surface area (TPSA) is 58.6 Å². The molecule has 4 nitrogen and oxygen atoms in total. The van der Waals surface area contributed by atoms with Crippen molar-refractivity contribution in [1.82, 2.24) is 5.32 Å². The molecule has 0 saturated heterocycles. The van der Waals surface area contributed by atoms with Gasteiger partial charge in [0.05, 0.1) is 12.1 Å². The third-order valence-corrected chi connectivity index (χ3v) is 1.71. The Morgan fingerprint density at radius 1 is 1.60 bits per heavy atom. The lowest BCUT2D eigenvalue weighted by molar-refractivity contribution is 0.0439. The lowest BCUT2D eigenvalue weighted by Gasteiger charge is -2.24. The van der Waals surface area contributed by atoms with Crippen LogP contribution in [0.15, 0.2) is 12.7 Å². The molecule has 1 amide bonds. The van der Waals surface area contributed by atoms with E-state index in [1.165, 1.54) is 0 Å². The number of nitrogens with one attached hydrogen (secondary N) is 1. The summed E-state index contributed by atoms with van der Waals surface area (Å²) in [5, 5.41) is 12.0. The number of aliphatic hydroxyl groups excluding tert-OH is 1. The number of hydrogen-bond donors (Lipinski definition) is 2. The summed E-state index contributed by atoms with van der Waals surface area (Å²) in [5.41, 5.74) is -0.526. The van der Waals surface area contributed by atoms with Gasteiger partial charge in [-0.2, -0.15) is 0 Å². The monoisotopic (exact) mass is 215 g/mol. The van der Waals surface area contributed by atoms with Crippen molar-refractivity contribution in [3.8, 4) is 0 Å². The van der Waals surface area contributed by atoms with E-state index in [0.29, 0.717) is 6.42 Å². The van der Waals surface area contributed by atoms with Crippen molar-refractivity contribution >= 4 is 6.09 Å². The zero-order valence-electron chi connectivity index (χ0n) is 9.91. The van der Waals surface area contributed by atoms with E-state index in [1.54, 1.807) is 33.8 Å². The highest BCUT2D eigenvalue weighted by atomic mass is 16.6. The Hall–Kier alpha value is -1.03. The van der Waals surface area contributed by atoms with Crippen molar-refractivity contribution in [1.29, 1.82) is 0 Å². The van der Waals surface area contributed by atoms with E-state index >= 15 is 0 Å². The van der Waals surface area contributed by atoms with Crippen molar-refractivity contribution in [2.75, 3.05) is 0 Å². The third kappa shape index (κ3) is 6.96. The summed E-state index contributed by atoms with van der Waals surface area (Å²) < 4.78 is 5.07. The van der Waals surface area contributed by atoms with Crippen LogP contribution in [0.5, 0.6) is 0 Å². The van der Waals surface area contributed by atoms with Gasteiger partial charge in [-0.25, -0.2) is 4.79 Å². The van der Waals surface area contributed by atoms with Gasteiger partial charge in [0.1, 0.15) is 5.60 Å².